The molecule has 10 heteroatoms. The lowest BCUT2D eigenvalue weighted by Gasteiger charge is -2.39. The second-order valence-corrected chi connectivity index (χ2v) is 11.8. The summed E-state index contributed by atoms with van der Waals surface area (Å²) >= 11 is 0. The van der Waals surface area contributed by atoms with Crippen LogP contribution in [0.2, 0.25) is 0 Å². The van der Waals surface area contributed by atoms with E-state index in [4.69, 9.17) is 4.52 Å². The second-order valence-electron chi connectivity index (χ2n) is 9.85. The van der Waals surface area contributed by atoms with E-state index in [-0.39, 0.29) is 47.3 Å². The van der Waals surface area contributed by atoms with E-state index in [1.54, 1.807) is 4.31 Å². The molecule has 1 unspecified atom stereocenters. The van der Waals surface area contributed by atoms with E-state index >= 15 is 0 Å². The summed E-state index contributed by atoms with van der Waals surface area (Å²) < 4.78 is 46.5. The number of hydrogen-bond donors (Lipinski definition) is 1. The molecule has 5 atom stereocenters. The third-order valence-corrected chi connectivity index (χ3v) is 9.58. The second kappa shape index (κ2) is 8.12. The molecule has 4 aliphatic rings. The summed E-state index contributed by atoms with van der Waals surface area (Å²) in [6.07, 6.45) is 4.31. The third kappa shape index (κ3) is 4.39. The summed E-state index contributed by atoms with van der Waals surface area (Å²) in [6.45, 7) is 1.91. The van der Waals surface area contributed by atoms with Crippen molar-refractivity contribution in [3.8, 4) is 0 Å². The van der Waals surface area contributed by atoms with Crippen molar-refractivity contribution in [2.24, 2.45) is 5.92 Å². The average Bonchev–Trinajstić information content (AvgIpc) is 3.13. The molecule has 31 heavy (non-hydrogen) atoms. The van der Waals surface area contributed by atoms with E-state index < -0.39 is 16.2 Å². The van der Waals surface area contributed by atoms with Crippen LogP contribution in [0.5, 0.6) is 0 Å². The largest absolute Gasteiger partial charge is 0.360 e. The monoisotopic (exact) mass is 454 g/mol. The van der Waals surface area contributed by atoms with Gasteiger partial charge in [-0.2, -0.15) is 4.31 Å². The van der Waals surface area contributed by atoms with Crippen molar-refractivity contribution in [1.82, 2.24) is 19.7 Å². The van der Waals surface area contributed by atoms with Gasteiger partial charge in [0.2, 0.25) is 10.0 Å². The van der Waals surface area contributed by atoms with Gasteiger partial charge in [-0.3, -0.25) is 4.79 Å². The van der Waals surface area contributed by atoms with Gasteiger partial charge < -0.3 is 14.7 Å². The molecule has 4 heterocycles. The number of rotatable bonds is 6. The highest BCUT2D eigenvalue weighted by Gasteiger charge is 2.47. The minimum Gasteiger partial charge on any atom is -0.360 e. The molecular formula is C21H31FN4O4S. The Morgan fingerprint density at radius 3 is 2.45 bits per heavy atom. The molecule has 8 nitrogen and oxygen atoms in total. The number of carbonyl (C=O) groups excluding carboxylic acids is 1. The molecule has 1 aromatic rings. The zero-order valence-corrected chi connectivity index (χ0v) is 18.7. The quantitative estimate of drug-likeness (QED) is 0.705. The fraction of sp³-hybridized carbons (Fsp3) is 0.810. The van der Waals surface area contributed by atoms with Crippen LogP contribution in [-0.4, -0.2) is 78.9 Å². The van der Waals surface area contributed by atoms with Gasteiger partial charge in [0.25, 0.3) is 5.91 Å². The molecule has 172 valence electrons. The van der Waals surface area contributed by atoms with Crippen LogP contribution in [0.4, 0.5) is 4.39 Å². The highest BCUT2D eigenvalue weighted by atomic mass is 32.2. The Hall–Kier alpha value is -1.52. The number of aromatic nitrogens is 1. The molecule has 3 saturated heterocycles. The number of nitrogens with one attached hydrogen (secondary N) is 1. The highest BCUT2D eigenvalue weighted by molar-refractivity contribution is 7.89. The number of alkyl halides is 1. The smallest absolute Gasteiger partial charge is 0.273 e. The summed E-state index contributed by atoms with van der Waals surface area (Å²) in [7, 11) is -1.23. The third-order valence-electron chi connectivity index (χ3n) is 7.45. The maximum atomic E-state index is 13.2. The number of amides is 1. The Bertz CT molecular complexity index is 916. The number of carbonyl (C=O) groups is 1. The Labute approximate surface area is 182 Å². The van der Waals surface area contributed by atoms with E-state index in [2.05, 4.69) is 22.4 Å². The van der Waals surface area contributed by atoms with Crippen LogP contribution in [-0.2, 0) is 10.0 Å². The van der Waals surface area contributed by atoms with Gasteiger partial charge in [0, 0.05) is 24.2 Å². The van der Waals surface area contributed by atoms with Gasteiger partial charge in [0.1, 0.15) is 11.9 Å². The number of halogens is 1. The molecule has 0 radical (unpaired) electrons. The molecule has 2 bridgehead atoms. The van der Waals surface area contributed by atoms with E-state index in [1.807, 2.05) is 0 Å². The van der Waals surface area contributed by atoms with Crippen molar-refractivity contribution in [2.75, 3.05) is 25.9 Å². The van der Waals surface area contributed by atoms with Gasteiger partial charge in [-0.1, -0.05) is 5.16 Å². The molecule has 1 saturated carbocycles. The maximum Gasteiger partial charge on any atom is 0.273 e. The molecule has 1 N–H and O–H groups in total. The lowest BCUT2D eigenvalue weighted by molar-refractivity contribution is 0.0900. The molecule has 5 rings (SSSR count). The van der Waals surface area contributed by atoms with E-state index in [9.17, 15) is 17.6 Å². The minimum atomic E-state index is -3.31. The van der Waals surface area contributed by atoms with Crippen molar-refractivity contribution in [1.29, 1.82) is 0 Å². The topological polar surface area (TPSA) is 95.8 Å². The lowest BCUT2D eigenvalue weighted by Crippen LogP contribution is -2.53. The molecule has 1 aromatic heterocycles. The average molecular weight is 455 g/mol. The lowest BCUT2D eigenvalue weighted by atomic mass is 9.99. The molecular weight excluding hydrogens is 423 g/mol. The van der Waals surface area contributed by atoms with Crippen molar-refractivity contribution < 1.29 is 22.1 Å². The standard InChI is InChI=1S/C21H31FN4O4S/c1-25-6-4-13(5-7-25)12-31(28,29)26-15-2-3-16(26)9-14(8-15)23-21(27)19-11-20(30-24-19)17-10-18(17)22/h11,13-18H,2-10,12H2,1H3,(H,23,27)/t14?,15-,16+,17-,18-/m0/s1. The van der Waals surface area contributed by atoms with Crippen LogP contribution in [0.15, 0.2) is 10.6 Å². The predicted octanol–water partition coefficient (Wildman–Crippen LogP) is 1.90. The number of nitrogens with zero attached hydrogens (tertiary/aromatic N) is 3. The van der Waals surface area contributed by atoms with Crippen molar-refractivity contribution >= 4 is 15.9 Å². The number of hydrogen-bond acceptors (Lipinski definition) is 6. The Kier molecular flexibility index (Phi) is 5.58. The minimum absolute atomic E-state index is 0.0491. The van der Waals surface area contributed by atoms with E-state index in [1.165, 1.54) is 6.07 Å². The number of sulfonamides is 1. The molecule has 1 aliphatic carbocycles. The summed E-state index contributed by atoms with van der Waals surface area (Å²) in [5.74, 6) is 0.284. The number of piperidine rings is 2. The highest BCUT2D eigenvalue weighted by Crippen LogP contribution is 2.43. The molecule has 1 amide bonds. The molecule has 4 fully saturated rings. The first-order valence-corrected chi connectivity index (χ1v) is 13.0. The fourth-order valence-corrected chi connectivity index (χ4v) is 8.00. The fourth-order valence-electron chi connectivity index (χ4n) is 5.61. The van der Waals surface area contributed by atoms with E-state index in [0.717, 1.165) is 38.8 Å². The Balaban J connectivity index is 1.18. The summed E-state index contributed by atoms with van der Waals surface area (Å²) in [5.41, 5.74) is 0.166. The number of likely N-dealkylation sites (tertiary alicyclic amines) is 1. The summed E-state index contributed by atoms with van der Waals surface area (Å²) in [4.78, 5) is 14.8. The van der Waals surface area contributed by atoms with E-state index in [0.29, 0.717) is 25.0 Å². The first-order valence-electron chi connectivity index (χ1n) is 11.4. The van der Waals surface area contributed by atoms with Gasteiger partial charge in [-0.05, 0) is 71.0 Å². The molecule has 0 aromatic carbocycles. The van der Waals surface area contributed by atoms with Crippen LogP contribution in [0.1, 0.15) is 67.1 Å². The Morgan fingerprint density at radius 1 is 1.19 bits per heavy atom. The van der Waals surface area contributed by atoms with Crippen LogP contribution >= 0.6 is 0 Å². The van der Waals surface area contributed by atoms with Crippen LogP contribution in [0.3, 0.4) is 0 Å². The van der Waals surface area contributed by atoms with Gasteiger partial charge in [0.05, 0.1) is 11.7 Å². The van der Waals surface area contributed by atoms with Gasteiger partial charge in [0.15, 0.2) is 5.69 Å². The first kappa shape index (κ1) is 21.3. The van der Waals surface area contributed by atoms with Crippen molar-refractivity contribution in [3.63, 3.8) is 0 Å². The zero-order chi connectivity index (χ0) is 21.8. The zero-order valence-electron chi connectivity index (χ0n) is 17.9. The SMILES string of the molecule is CN1CCC(CS(=O)(=O)N2[C@@H]3CC[C@H]2CC(NC(=O)c2cc([C@H]4C[C@@H]4F)on2)C3)CC1. The van der Waals surface area contributed by atoms with Gasteiger partial charge in [-0.15, -0.1) is 0 Å². The van der Waals surface area contributed by atoms with Crippen LogP contribution in [0.25, 0.3) is 0 Å². The van der Waals surface area contributed by atoms with Crippen molar-refractivity contribution in [2.45, 2.75) is 75.2 Å². The van der Waals surface area contributed by atoms with Gasteiger partial charge in [-0.25, -0.2) is 12.8 Å². The predicted molar refractivity (Wildman–Crippen MR) is 112 cm³/mol. The molecule has 3 aliphatic heterocycles. The van der Waals surface area contributed by atoms with Crippen LogP contribution in [0, 0.1) is 5.92 Å². The summed E-state index contributed by atoms with van der Waals surface area (Å²) in [6, 6.07) is 1.34. The van der Waals surface area contributed by atoms with Crippen molar-refractivity contribution in [3.05, 3.63) is 17.5 Å². The van der Waals surface area contributed by atoms with Gasteiger partial charge >= 0.3 is 0 Å². The summed E-state index contributed by atoms with van der Waals surface area (Å²) in [5, 5.41) is 6.79. The normalized spacial score (nSPS) is 34.7. The molecule has 0 spiro atoms. The first-order chi connectivity index (χ1) is 14.8. The Morgan fingerprint density at radius 2 is 1.84 bits per heavy atom. The maximum absolute atomic E-state index is 13.2. The number of fused-ring (bicyclic) bond motifs is 2. The van der Waals surface area contributed by atoms with Crippen LogP contribution < -0.4 is 5.32 Å².